The van der Waals surface area contributed by atoms with Gasteiger partial charge in [0, 0.05) is 18.9 Å². The Kier molecular flexibility index (Phi) is 11.3. The summed E-state index contributed by atoms with van der Waals surface area (Å²) in [6, 6.07) is -2.46. The fourth-order valence-corrected chi connectivity index (χ4v) is 6.75. The first kappa shape index (κ1) is 35.5. The third-order valence-corrected chi connectivity index (χ3v) is 9.83. The largest absolute Gasteiger partial charge is 0.444 e. The average Bonchev–Trinajstić information content (AvgIpc) is 3.85. The molecule has 3 rings (SSSR count). The molecule has 0 radical (unpaired) electrons. The van der Waals surface area contributed by atoms with E-state index in [0.717, 1.165) is 0 Å². The summed E-state index contributed by atoms with van der Waals surface area (Å²) in [7, 11) is -3.87. The predicted octanol–water partition coefficient (Wildman–Crippen LogP) is 1.66. The summed E-state index contributed by atoms with van der Waals surface area (Å²) in [5, 5.41) is 15.2. The lowest BCUT2D eigenvalue weighted by Crippen LogP contribution is -2.60. The Balaban J connectivity index is 1.84. The van der Waals surface area contributed by atoms with Gasteiger partial charge in [-0.25, -0.2) is 13.2 Å². The van der Waals surface area contributed by atoms with Gasteiger partial charge in [-0.2, -0.15) is 0 Å². The zero-order valence-corrected chi connectivity index (χ0v) is 27.2. The highest BCUT2D eigenvalue weighted by Crippen LogP contribution is 2.45. The number of aliphatic hydroxyl groups is 1. The van der Waals surface area contributed by atoms with Crippen molar-refractivity contribution in [2.24, 2.45) is 5.92 Å². The topological polar surface area (TPSA) is 180 Å². The van der Waals surface area contributed by atoms with E-state index in [1.807, 2.05) is 6.92 Å². The molecule has 2 saturated carbocycles. The standard InChI is InChI=1S/C30H48N4O9S/c1-8-11-12-18(4)42-23(10-3)24(31-28(39)43-29(5,6)7)26(37)34-17-20(35)15-22(34)25(36)32-30(16-19(30)9-2)27(38)33-44(40,41)21-13-14-21/h8-9,18-24,35H,1-2,10-17H2,3-7H3,(H,31,39)(H,32,36)(H,33,38)/t18-,19-,20-,22+,23+,24+,30-/m1/s1. The highest BCUT2D eigenvalue weighted by Gasteiger charge is 2.62. The smallest absolute Gasteiger partial charge is 0.408 e. The Morgan fingerprint density at radius 3 is 2.36 bits per heavy atom. The lowest BCUT2D eigenvalue weighted by molar-refractivity contribution is -0.145. The molecule has 0 aromatic heterocycles. The van der Waals surface area contributed by atoms with E-state index in [1.165, 1.54) is 11.0 Å². The van der Waals surface area contributed by atoms with Crippen LogP contribution in [0.15, 0.2) is 25.3 Å². The van der Waals surface area contributed by atoms with Crippen molar-refractivity contribution in [2.75, 3.05) is 6.54 Å². The second-order valence-corrected chi connectivity index (χ2v) is 14.9. The van der Waals surface area contributed by atoms with Crippen LogP contribution in [0.3, 0.4) is 0 Å². The van der Waals surface area contributed by atoms with Crippen LogP contribution in [0.4, 0.5) is 4.79 Å². The second-order valence-electron chi connectivity index (χ2n) is 13.0. The van der Waals surface area contributed by atoms with Gasteiger partial charge in [0.25, 0.3) is 5.91 Å². The second kappa shape index (κ2) is 14.0. The van der Waals surface area contributed by atoms with Gasteiger partial charge in [0.2, 0.25) is 21.8 Å². The van der Waals surface area contributed by atoms with Crippen LogP contribution in [0.25, 0.3) is 0 Å². The number of allylic oxidation sites excluding steroid dienone is 1. The normalized spacial score (nSPS) is 27.0. The van der Waals surface area contributed by atoms with Crippen molar-refractivity contribution in [2.45, 2.75) is 126 Å². The molecule has 2 aliphatic carbocycles. The molecule has 0 bridgehead atoms. The number of carbonyl (C=O) groups excluding carboxylic acids is 4. The molecule has 4 amide bonds. The maximum atomic E-state index is 14.1. The van der Waals surface area contributed by atoms with Gasteiger partial charge in [-0.1, -0.05) is 19.1 Å². The van der Waals surface area contributed by atoms with Gasteiger partial charge in [0.1, 0.15) is 23.2 Å². The molecular formula is C30H48N4O9S. The van der Waals surface area contributed by atoms with E-state index >= 15 is 0 Å². The van der Waals surface area contributed by atoms with Crippen molar-refractivity contribution < 1.29 is 42.2 Å². The monoisotopic (exact) mass is 640 g/mol. The van der Waals surface area contributed by atoms with Crippen LogP contribution in [0.5, 0.6) is 0 Å². The van der Waals surface area contributed by atoms with Gasteiger partial charge in [-0.3, -0.25) is 19.1 Å². The van der Waals surface area contributed by atoms with E-state index in [-0.39, 0.29) is 25.5 Å². The Morgan fingerprint density at radius 1 is 1.18 bits per heavy atom. The summed E-state index contributed by atoms with van der Waals surface area (Å²) >= 11 is 0. The molecular weight excluding hydrogens is 592 g/mol. The molecule has 13 nitrogen and oxygen atoms in total. The first-order valence-corrected chi connectivity index (χ1v) is 16.8. The highest BCUT2D eigenvalue weighted by atomic mass is 32.2. The summed E-state index contributed by atoms with van der Waals surface area (Å²) in [5.74, 6) is -2.78. The van der Waals surface area contributed by atoms with Crippen LogP contribution in [0, 0.1) is 5.92 Å². The number of amides is 4. The number of sulfonamides is 1. The molecule has 14 heteroatoms. The fraction of sp³-hybridized carbons (Fsp3) is 0.733. The predicted molar refractivity (Wildman–Crippen MR) is 163 cm³/mol. The van der Waals surface area contributed by atoms with Crippen LogP contribution in [0.1, 0.15) is 79.6 Å². The highest BCUT2D eigenvalue weighted by molar-refractivity contribution is 7.91. The minimum Gasteiger partial charge on any atom is -0.444 e. The molecule has 1 heterocycles. The minimum atomic E-state index is -3.87. The SMILES string of the molecule is C=CCC[C@@H](C)O[C@@H](CC)[C@H](NC(=O)OC(C)(C)C)C(=O)N1C[C@H](O)C[C@H]1C(=O)N[C@]1(C(=O)NS(=O)(=O)C2CC2)C[C@H]1C=C. The number of hydrogen-bond donors (Lipinski definition) is 4. The van der Waals surface area contributed by atoms with Crippen LogP contribution >= 0.6 is 0 Å². The van der Waals surface area contributed by atoms with Crippen LogP contribution in [-0.2, 0) is 33.9 Å². The number of alkyl carbamates (subject to hydrolysis) is 1. The van der Waals surface area contributed by atoms with E-state index in [2.05, 4.69) is 28.5 Å². The van der Waals surface area contributed by atoms with Gasteiger partial charge in [0.05, 0.1) is 23.6 Å². The van der Waals surface area contributed by atoms with Crippen LogP contribution in [-0.4, -0.2) is 95.6 Å². The van der Waals surface area contributed by atoms with Crippen LogP contribution in [0.2, 0.25) is 0 Å². The van der Waals surface area contributed by atoms with Crippen molar-refractivity contribution in [3.8, 4) is 0 Å². The summed E-state index contributed by atoms with van der Waals surface area (Å²) in [6.07, 6.45) is 2.79. The number of nitrogens with one attached hydrogen (secondary N) is 3. The quantitative estimate of drug-likeness (QED) is 0.194. The molecule has 44 heavy (non-hydrogen) atoms. The average molecular weight is 641 g/mol. The lowest BCUT2D eigenvalue weighted by atomic mass is 10.0. The third kappa shape index (κ3) is 8.81. The molecule has 3 fully saturated rings. The van der Waals surface area contributed by atoms with Gasteiger partial charge < -0.3 is 30.1 Å². The maximum absolute atomic E-state index is 14.1. The van der Waals surface area contributed by atoms with Crippen molar-refractivity contribution in [3.05, 3.63) is 25.3 Å². The lowest BCUT2D eigenvalue weighted by Gasteiger charge is -2.34. The van der Waals surface area contributed by atoms with E-state index in [9.17, 15) is 32.7 Å². The zero-order chi connectivity index (χ0) is 33.0. The zero-order valence-electron chi connectivity index (χ0n) is 26.3. The van der Waals surface area contributed by atoms with Gasteiger partial charge >= 0.3 is 6.09 Å². The fourth-order valence-electron chi connectivity index (χ4n) is 5.38. The van der Waals surface area contributed by atoms with E-state index in [4.69, 9.17) is 9.47 Å². The molecule has 3 aliphatic rings. The molecule has 1 saturated heterocycles. The number of likely N-dealkylation sites (tertiary alicyclic amines) is 1. The molecule has 7 atom stereocenters. The Morgan fingerprint density at radius 2 is 1.84 bits per heavy atom. The molecule has 1 aliphatic heterocycles. The van der Waals surface area contributed by atoms with Crippen LogP contribution < -0.4 is 15.4 Å². The first-order chi connectivity index (χ1) is 20.5. The molecule has 248 valence electrons. The molecule has 0 aromatic carbocycles. The Hall–Kier alpha value is -2.97. The van der Waals surface area contributed by atoms with E-state index in [1.54, 1.807) is 33.8 Å². The number of rotatable bonds is 15. The van der Waals surface area contributed by atoms with Crippen molar-refractivity contribution in [3.63, 3.8) is 0 Å². The maximum Gasteiger partial charge on any atom is 0.408 e. The number of hydrogen-bond acceptors (Lipinski definition) is 9. The molecule has 0 spiro atoms. The summed E-state index contributed by atoms with van der Waals surface area (Å²) in [5.41, 5.74) is -2.40. The van der Waals surface area contributed by atoms with Crippen molar-refractivity contribution >= 4 is 33.8 Å². The molecule has 0 aromatic rings. The van der Waals surface area contributed by atoms with Crippen molar-refractivity contribution in [1.29, 1.82) is 0 Å². The number of carbonyl (C=O) groups is 4. The summed E-state index contributed by atoms with van der Waals surface area (Å²) in [4.78, 5) is 54.9. The number of nitrogens with zero attached hydrogens (tertiary/aromatic N) is 1. The van der Waals surface area contributed by atoms with Gasteiger partial charge in [-0.15, -0.1) is 13.2 Å². The molecule has 0 unspecified atom stereocenters. The summed E-state index contributed by atoms with van der Waals surface area (Å²) in [6.45, 7) is 15.9. The number of aliphatic hydroxyl groups excluding tert-OH is 1. The number of β-amino-alcohol motifs (C(OH)–C–C–N with tert-alkyl or cyclic N) is 1. The molecule has 4 N–H and O–H groups in total. The first-order valence-electron chi connectivity index (χ1n) is 15.2. The summed E-state index contributed by atoms with van der Waals surface area (Å²) < 4.78 is 38.6. The van der Waals surface area contributed by atoms with Crippen molar-refractivity contribution in [1.82, 2.24) is 20.3 Å². The Bertz CT molecular complexity index is 1230. The van der Waals surface area contributed by atoms with Gasteiger partial charge in [-0.05, 0) is 66.2 Å². The van der Waals surface area contributed by atoms with E-state index < -0.39 is 80.4 Å². The Labute approximate surface area is 260 Å². The minimum absolute atomic E-state index is 0.124. The van der Waals surface area contributed by atoms with Gasteiger partial charge in [0.15, 0.2) is 0 Å². The number of ether oxygens (including phenoxy) is 2. The van der Waals surface area contributed by atoms with E-state index in [0.29, 0.717) is 32.1 Å². The third-order valence-electron chi connectivity index (χ3n) is 8.01.